The third-order valence-corrected chi connectivity index (χ3v) is 5.10. The van der Waals surface area contributed by atoms with Crippen molar-refractivity contribution < 1.29 is 23.9 Å². The van der Waals surface area contributed by atoms with Crippen LogP contribution in [0.15, 0.2) is 53.1 Å². The first kappa shape index (κ1) is 16.8. The molecular formula is C19H23NO5. The number of aliphatic hydroxyl groups excluding tert-OH is 1. The molecule has 4 rings (SSSR count). The fourth-order valence-corrected chi connectivity index (χ4v) is 3.85. The Balaban J connectivity index is 1.68. The Bertz CT molecular complexity index is 676. The van der Waals surface area contributed by atoms with Crippen LogP contribution in [-0.4, -0.2) is 35.4 Å². The molecule has 2 aromatic rings. The Morgan fingerprint density at radius 2 is 2.04 bits per heavy atom. The molecule has 3 heterocycles. The van der Waals surface area contributed by atoms with Crippen LogP contribution in [0.5, 0.6) is 0 Å². The minimum absolute atomic E-state index is 0.0912. The van der Waals surface area contributed by atoms with Crippen molar-refractivity contribution in [3.8, 4) is 0 Å². The summed E-state index contributed by atoms with van der Waals surface area (Å²) in [6, 6.07) is 13.8. The summed E-state index contributed by atoms with van der Waals surface area (Å²) >= 11 is 0. The van der Waals surface area contributed by atoms with Gasteiger partial charge in [-0.05, 0) is 24.6 Å². The summed E-state index contributed by atoms with van der Waals surface area (Å²) in [5.74, 6) is 0.718. The Morgan fingerprint density at radius 3 is 2.72 bits per heavy atom. The van der Waals surface area contributed by atoms with Crippen molar-refractivity contribution in [3.05, 3.63) is 60.1 Å². The lowest BCUT2D eigenvalue weighted by molar-refractivity contribution is -0.461. The Kier molecular flexibility index (Phi) is 4.62. The summed E-state index contributed by atoms with van der Waals surface area (Å²) in [5, 5.41) is 11.8. The van der Waals surface area contributed by atoms with E-state index >= 15 is 0 Å². The molecule has 0 saturated carbocycles. The first-order chi connectivity index (χ1) is 12.3. The molecule has 1 aromatic heterocycles. The van der Waals surface area contributed by atoms with Crippen LogP contribution in [0, 0.1) is 0 Å². The number of aliphatic hydroxyl groups is 1. The van der Waals surface area contributed by atoms with Crippen LogP contribution in [0.1, 0.15) is 43.1 Å². The number of rotatable bonds is 5. The number of ether oxygens (including phenoxy) is 1. The first-order valence-corrected chi connectivity index (χ1v) is 8.71. The van der Waals surface area contributed by atoms with Crippen LogP contribution >= 0.6 is 0 Å². The van der Waals surface area contributed by atoms with Crippen molar-refractivity contribution in [2.45, 2.75) is 43.6 Å². The van der Waals surface area contributed by atoms with E-state index in [0.717, 1.165) is 11.3 Å². The molecule has 1 aromatic carbocycles. The minimum atomic E-state index is -0.702. The van der Waals surface area contributed by atoms with Crippen molar-refractivity contribution in [1.82, 2.24) is 5.23 Å². The van der Waals surface area contributed by atoms with Gasteiger partial charge in [-0.1, -0.05) is 35.6 Å². The molecular weight excluding hydrogens is 322 g/mol. The van der Waals surface area contributed by atoms with E-state index in [2.05, 4.69) is 0 Å². The van der Waals surface area contributed by atoms with E-state index in [1.807, 2.05) is 49.4 Å². The second-order valence-electron chi connectivity index (χ2n) is 6.52. The second-order valence-corrected chi connectivity index (χ2v) is 6.52. The van der Waals surface area contributed by atoms with Gasteiger partial charge in [-0.3, -0.25) is 4.84 Å². The molecule has 0 radical (unpaired) electrons. The van der Waals surface area contributed by atoms with Gasteiger partial charge in [0.05, 0.1) is 12.9 Å². The van der Waals surface area contributed by atoms with Crippen molar-refractivity contribution in [2.24, 2.45) is 0 Å². The molecule has 2 fully saturated rings. The largest absolute Gasteiger partial charge is 0.469 e. The topological polar surface area (TPSA) is 64.3 Å². The molecule has 0 spiro atoms. The van der Waals surface area contributed by atoms with Gasteiger partial charge in [0.2, 0.25) is 0 Å². The number of hydrogen-bond acceptors (Lipinski definition) is 6. The van der Waals surface area contributed by atoms with E-state index in [1.165, 1.54) is 5.23 Å². The van der Waals surface area contributed by atoms with Crippen LogP contribution in [0.2, 0.25) is 0 Å². The Morgan fingerprint density at radius 1 is 1.20 bits per heavy atom. The quantitative estimate of drug-likeness (QED) is 0.898. The molecule has 2 aliphatic rings. The lowest BCUT2D eigenvalue weighted by atomic mass is 9.76. The minimum Gasteiger partial charge on any atom is -0.469 e. The molecule has 2 saturated heterocycles. The highest BCUT2D eigenvalue weighted by atomic mass is 17.0. The van der Waals surface area contributed by atoms with E-state index in [4.69, 9.17) is 18.8 Å². The van der Waals surface area contributed by atoms with Crippen LogP contribution in [0.4, 0.5) is 0 Å². The van der Waals surface area contributed by atoms with Gasteiger partial charge in [-0.2, -0.15) is 0 Å². The van der Waals surface area contributed by atoms with Gasteiger partial charge in [0.25, 0.3) is 0 Å². The number of nitrogens with zero attached hydrogens (tertiary/aromatic N) is 1. The highest BCUT2D eigenvalue weighted by Gasteiger charge is 2.59. The van der Waals surface area contributed by atoms with Crippen molar-refractivity contribution in [3.63, 3.8) is 0 Å². The zero-order valence-electron chi connectivity index (χ0n) is 14.2. The Hall–Kier alpha value is -1.70. The smallest absolute Gasteiger partial charge is 0.180 e. The molecule has 6 heteroatoms. The number of hydrogen-bond donors (Lipinski definition) is 1. The lowest BCUT2D eigenvalue weighted by Crippen LogP contribution is -2.57. The molecule has 2 aliphatic heterocycles. The van der Waals surface area contributed by atoms with Crippen LogP contribution in [0.3, 0.4) is 0 Å². The molecule has 25 heavy (non-hydrogen) atoms. The summed E-state index contributed by atoms with van der Waals surface area (Å²) in [4.78, 5) is 12.0. The van der Waals surface area contributed by atoms with Crippen LogP contribution in [-0.2, 0) is 14.4 Å². The van der Waals surface area contributed by atoms with Gasteiger partial charge < -0.3 is 14.3 Å². The summed E-state index contributed by atoms with van der Waals surface area (Å²) < 4.78 is 11.4. The summed E-state index contributed by atoms with van der Waals surface area (Å²) in [5.41, 5.74) is 0.353. The van der Waals surface area contributed by atoms with E-state index in [0.29, 0.717) is 19.4 Å². The SMILES string of the molecule is CCOC1CC(c2ccco2)C2(CO)CC(c3ccccc3)ON2O1. The molecule has 4 unspecified atom stereocenters. The zero-order chi connectivity index (χ0) is 17.3. The number of hydroxylamine groups is 2. The maximum absolute atomic E-state index is 10.3. The van der Waals surface area contributed by atoms with Gasteiger partial charge in [-0.25, -0.2) is 4.84 Å². The fraction of sp³-hybridized carbons (Fsp3) is 0.474. The molecule has 6 nitrogen and oxygen atoms in total. The van der Waals surface area contributed by atoms with Crippen molar-refractivity contribution in [2.75, 3.05) is 13.2 Å². The van der Waals surface area contributed by atoms with Gasteiger partial charge in [-0.15, -0.1) is 0 Å². The van der Waals surface area contributed by atoms with Gasteiger partial charge in [0, 0.05) is 25.4 Å². The fourth-order valence-electron chi connectivity index (χ4n) is 3.85. The lowest BCUT2D eigenvalue weighted by Gasteiger charge is -2.45. The molecule has 4 atom stereocenters. The Labute approximate surface area is 146 Å². The van der Waals surface area contributed by atoms with Crippen LogP contribution < -0.4 is 0 Å². The maximum atomic E-state index is 10.3. The van der Waals surface area contributed by atoms with Gasteiger partial charge in [0.1, 0.15) is 17.4 Å². The number of fused-ring (bicyclic) bond motifs is 1. The van der Waals surface area contributed by atoms with Crippen molar-refractivity contribution in [1.29, 1.82) is 0 Å². The average molecular weight is 345 g/mol. The molecule has 0 bridgehead atoms. The standard InChI is InChI=1S/C19H23NO5/c1-2-22-18-11-15(16-9-6-10-23-16)19(13-21)12-17(24-20(19)25-18)14-7-4-3-5-8-14/h3-10,15,17-18,21H,2,11-13H2,1H3. The van der Waals surface area contributed by atoms with Gasteiger partial charge in [0.15, 0.2) is 6.29 Å². The summed E-state index contributed by atoms with van der Waals surface area (Å²) in [6.45, 7) is 2.37. The second kappa shape index (κ2) is 6.90. The average Bonchev–Trinajstić information content (AvgIpc) is 3.30. The van der Waals surface area contributed by atoms with E-state index in [9.17, 15) is 5.11 Å². The summed E-state index contributed by atoms with van der Waals surface area (Å²) in [7, 11) is 0. The molecule has 0 aliphatic carbocycles. The molecule has 0 amide bonds. The third-order valence-electron chi connectivity index (χ3n) is 5.10. The highest BCUT2D eigenvalue weighted by Crippen LogP contribution is 2.52. The number of furan rings is 1. The van der Waals surface area contributed by atoms with Crippen LogP contribution in [0.25, 0.3) is 0 Å². The van der Waals surface area contributed by atoms with E-state index in [1.54, 1.807) is 6.26 Å². The van der Waals surface area contributed by atoms with Crippen molar-refractivity contribution >= 4 is 0 Å². The predicted molar refractivity (Wildman–Crippen MR) is 89.1 cm³/mol. The zero-order valence-corrected chi connectivity index (χ0v) is 14.2. The number of benzene rings is 1. The molecule has 1 N–H and O–H groups in total. The predicted octanol–water partition coefficient (Wildman–Crippen LogP) is 3.17. The normalized spacial score (nSPS) is 32.6. The van der Waals surface area contributed by atoms with E-state index < -0.39 is 11.8 Å². The maximum Gasteiger partial charge on any atom is 0.180 e. The van der Waals surface area contributed by atoms with Gasteiger partial charge >= 0.3 is 0 Å². The monoisotopic (exact) mass is 345 g/mol. The van der Waals surface area contributed by atoms with E-state index in [-0.39, 0.29) is 18.6 Å². The molecule has 134 valence electrons. The highest BCUT2D eigenvalue weighted by molar-refractivity contribution is 5.23. The third kappa shape index (κ3) is 2.90. The summed E-state index contributed by atoms with van der Waals surface area (Å²) in [6.07, 6.45) is 2.24. The first-order valence-electron chi connectivity index (χ1n) is 8.71.